The van der Waals surface area contributed by atoms with Gasteiger partial charge in [-0.25, -0.2) is 0 Å². The van der Waals surface area contributed by atoms with Crippen LogP contribution in [0.2, 0.25) is 5.22 Å². The maximum Gasteiger partial charge on any atom is 0.257 e. The fraction of sp³-hybridized carbons (Fsp3) is 0.529. The van der Waals surface area contributed by atoms with E-state index in [4.69, 9.17) is 16.0 Å². The van der Waals surface area contributed by atoms with Crippen LogP contribution in [0.15, 0.2) is 28.9 Å². The van der Waals surface area contributed by atoms with Crippen molar-refractivity contribution in [2.45, 2.75) is 32.9 Å². The van der Waals surface area contributed by atoms with E-state index in [2.05, 4.69) is 10.00 Å². The van der Waals surface area contributed by atoms with Gasteiger partial charge in [0, 0.05) is 38.4 Å². The molecule has 24 heavy (non-hydrogen) atoms. The molecule has 0 aromatic carbocycles. The van der Waals surface area contributed by atoms with Gasteiger partial charge < -0.3 is 9.32 Å². The van der Waals surface area contributed by atoms with Gasteiger partial charge in [-0.2, -0.15) is 5.10 Å². The van der Waals surface area contributed by atoms with Crippen LogP contribution in [0, 0.1) is 0 Å². The molecule has 1 fully saturated rings. The van der Waals surface area contributed by atoms with Crippen molar-refractivity contribution in [3.05, 3.63) is 41.1 Å². The Balaban J connectivity index is 1.59. The van der Waals surface area contributed by atoms with Crippen molar-refractivity contribution in [3.8, 4) is 0 Å². The summed E-state index contributed by atoms with van der Waals surface area (Å²) >= 11 is 5.82. The molecule has 0 radical (unpaired) electrons. The molecule has 130 valence electrons. The van der Waals surface area contributed by atoms with Gasteiger partial charge >= 0.3 is 0 Å². The highest BCUT2D eigenvalue weighted by molar-refractivity contribution is 6.28. The maximum absolute atomic E-state index is 12.7. The Morgan fingerprint density at radius 2 is 2.12 bits per heavy atom. The highest BCUT2D eigenvalue weighted by atomic mass is 35.5. The molecule has 0 atom stereocenters. The normalized spacial score (nSPS) is 16.6. The lowest BCUT2D eigenvalue weighted by Crippen LogP contribution is -2.34. The molecule has 2 aromatic heterocycles. The van der Waals surface area contributed by atoms with Crippen LogP contribution in [0.1, 0.15) is 42.4 Å². The molecule has 0 N–H and O–H groups in total. The summed E-state index contributed by atoms with van der Waals surface area (Å²) in [6.07, 6.45) is 4.44. The SMILES string of the molecule is CC(C)n1cc(C(=O)N2CCCN(Cc3ccc(Cl)o3)CC2)cn1. The minimum absolute atomic E-state index is 0.0600. The zero-order chi connectivity index (χ0) is 17.1. The van der Waals surface area contributed by atoms with Crippen LogP contribution in [0.5, 0.6) is 0 Å². The summed E-state index contributed by atoms with van der Waals surface area (Å²) in [5, 5.41) is 4.68. The average molecular weight is 351 g/mol. The summed E-state index contributed by atoms with van der Waals surface area (Å²) in [5.41, 5.74) is 0.662. The topological polar surface area (TPSA) is 54.5 Å². The summed E-state index contributed by atoms with van der Waals surface area (Å²) < 4.78 is 7.25. The molecule has 3 rings (SSSR count). The van der Waals surface area contributed by atoms with Crippen LogP contribution in [-0.4, -0.2) is 51.7 Å². The summed E-state index contributed by atoms with van der Waals surface area (Å²) in [6, 6.07) is 3.92. The Bertz CT molecular complexity index is 694. The fourth-order valence-corrected chi connectivity index (χ4v) is 3.06. The van der Waals surface area contributed by atoms with Crippen LogP contribution < -0.4 is 0 Å². The second-order valence-electron chi connectivity index (χ2n) is 6.43. The van der Waals surface area contributed by atoms with E-state index < -0.39 is 0 Å². The molecule has 0 spiro atoms. The first-order valence-corrected chi connectivity index (χ1v) is 8.70. The zero-order valence-corrected chi connectivity index (χ0v) is 14.9. The number of furan rings is 1. The molecule has 1 saturated heterocycles. The molecule has 6 nitrogen and oxygen atoms in total. The van der Waals surface area contributed by atoms with Gasteiger partial charge in [0.25, 0.3) is 5.91 Å². The van der Waals surface area contributed by atoms with E-state index in [-0.39, 0.29) is 11.9 Å². The van der Waals surface area contributed by atoms with Crippen molar-refractivity contribution in [2.75, 3.05) is 26.2 Å². The number of hydrogen-bond acceptors (Lipinski definition) is 4. The van der Waals surface area contributed by atoms with Gasteiger partial charge in [0.2, 0.25) is 0 Å². The third-order valence-corrected chi connectivity index (χ3v) is 4.46. The molecule has 0 saturated carbocycles. The summed E-state index contributed by atoms with van der Waals surface area (Å²) in [5.74, 6) is 0.919. The molecule has 0 bridgehead atoms. The number of hydrogen-bond donors (Lipinski definition) is 0. The van der Waals surface area contributed by atoms with Crippen molar-refractivity contribution in [3.63, 3.8) is 0 Å². The molecule has 7 heteroatoms. The Hall–Kier alpha value is -1.79. The van der Waals surface area contributed by atoms with Crippen LogP contribution in [0.25, 0.3) is 0 Å². The lowest BCUT2D eigenvalue weighted by molar-refractivity contribution is 0.0760. The van der Waals surface area contributed by atoms with Gasteiger partial charge in [0.15, 0.2) is 5.22 Å². The van der Waals surface area contributed by atoms with Gasteiger partial charge in [0.05, 0.1) is 18.3 Å². The number of halogens is 1. The second kappa shape index (κ2) is 7.40. The van der Waals surface area contributed by atoms with E-state index >= 15 is 0 Å². The largest absolute Gasteiger partial charge is 0.448 e. The molecular formula is C17H23ClN4O2. The highest BCUT2D eigenvalue weighted by Crippen LogP contribution is 2.17. The Labute approximate surface area is 147 Å². The minimum atomic E-state index is 0.0600. The molecule has 3 heterocycles. The van der Waals surface area contributed by atoms with E-state index in [0.29, 0.717) is 17.3 Å². The lowest BCUT2D eigenvalue weighted by Gasteiger charge is -2.21. The molecular weight excluding hydrogens is 328 g/mol. The van der Waals surface area contributed by atoms with Gasteiger partial charge in [0.1, 0.15) is 5.76 Å². The van der Waals surface area contributed by atoms with Crippen LogP contribution in [0.4, 0.5) is 0 Å². The van der Waals surface area contributed by atoms with Gasteiger partial charge in [-0.1, -0.05) is 0 Å². The molecule has 1 aliphatic rings. The molecule has 0 unspecified atom stereocenters. The van der Waals surface area contributed by atoms with Crippen LogP contribution in [-0.2, 0) is 6.54 Å². The third-order valence-electron chi connectivity index (χ3n) is 4.26. The minimum Gasteiger partial charge on any atom is -0.448 e. The molecule has 0 aliphatic carbocycles. The van der Waals surface area contributed by atoms with Crippen molar-refractivity contribution in [2.24, 2.45) is 0 Å². The van der Waals surface area contributed by atoms with E-state index in [1.807, 2.05) is 35.7 Å². The van der Waals surface area contributed by atoms with Crippen molar-refractivity contribution < 1.29 is 9.21 Å². The number of carbonyl (C=O) groups excluding carboxylic acids is 1. The van der Waals surface area contributed by atoms with Crippen molar-refractivity contribution in [1.29, 1.82) is 0 Å². The quantitative estimate of drug-likeness (QED) is 0.850. The standard InChI is InChI=1S/C17H23ClN4O2/c1-13(2)22-11-14(10-19-22)17(23)21-7-3-6-20(8-9-21)12-15-4-5-16(18)24-15/h4-5,10-11,13H,3,6-9,12H2,1-2H3. The van der Waals surface area contributed by atoms with Gasteiger partial charge in [-0.05, 0) is 44.0 Å². The smallest absolute Gasteiger partial charge is 0.257 e. The second-order valence-corrected chi connectivity index (χ2v) is 6.80. The van der Waals surface area contributed by atoms with Crippen molar-refractivity contribution >= 4 is 17.5 Å². The van der Waals surface area contributed by atoms with E-state index in [1.54, 1.807) is 12.3 Å². The first kappa shape index (κ1) is 17.0. The number of amides is 1. The maximum atomic E-state index is 12.7. The fourth-order valence-electron chi connectivity index (χ4n) is 2.90. The van der Waals surface area contributed by atoms with Gasteiger partial charge in [-0.15, -0.1) is 0 Å². The molecule has 1 amide bonds. The number of carbonyl (C=O) groups is 1. The number of nitrogens with zero attached hydrogens (tertiary/aromatic N) is 4. The third kappa shape index (κ3) is 3.99. The summed E-state index contributed by atoms with van der Waals surface area (Å²) in [4.78, 5) is 16.9. The van der Waals surface area contributed by atoms with E-state index in [1.165, 1.54) is 0 Å². The van der Waals surface area contributed by atoms with E-state index in [0.717, 1.165) is 38.4 Å². The summed E-state index contributed by atoms with van der Waals surface area (Å²) in [6.45, 7) is 8.05. The Morgan fingerprint density at radius 1 is 1.29 bits per heavy atom. The van der Waals surface area contributed by atoms with Crippen LogP contribution >= 0.6 is 11.6 Å². The van der Waals surface area contributed by atoms with Crippen LogP contribution in [0.3, 0.4) is 0 Å². The predicted octanol–water partition coefficient (Wildman–Crippen LogP) is 3.06. The molecule has 1 aliphatic heterocycles. The number of aromatic nitrogens is 2. The average Bonchev–Trinajstić information content (AvgIpc) is 3.12. The highest BCUT2D eigenvalue weighted by Gasteiger charge is 2.22. The van der Waals surface area contributed by atoms with Gasteiger partial charge in [-0.3, -0.25) is 14.4 Å². The first-order chi connectivity index (χ1) is 11.5. The lowest BCUT2D eigenvalue weighted by atomic mass is 10.3. The first-order valence-electron chi connectivity index (χ1n) is 8.33. The van der Waals surface area contributed by atoms with E-state index in [9.17, 15) is 4.79 Å². The van der Waals surface area contributed by atoms with Crippen molar-refractivity contribution in [1.82, 2.24) is 19.6 Å². The molecule has 2 aromatic rings. The Morgan fingerprint density at radius 3 is 2.79 bits per heavy atom. The predicted molar refractivity (Wildman–Crippen MR) is 92.1 cm³/mol. The zero-order valence-electron chi connectivity index (χ0n) is 14.1. The summed E-state index contributed by atoms with van der Waals surface area (Å²) in [7, 11) is 0. The Kier molecular flexibility index (Phi) is 5.26. The monoisotopic (exact) mass is 350 g/mol. The number of rotatable bonds is 4.